The molecule has 0 radical (unpaired) electrons. The second kappa shape index (κ2) is 9.99. The molecule has 1 aromatic heterocycles. The van der Waals surface area contributed by atoms with Crippen LogP contribution in [0.1, 0.15) is 15.2 Å². The van der Waals surface area contributed by atoms with E-state index in [0.717, 1.165) is 15.6 Å². The van der Waals surface area contributed by atoms with Gasteiger partial charge in [0.15, 0.2) is 5.11 Å². The molecule has 4 aromatic rings. The van der Waals surface area contributed by atoms with Crippen molar-refractivity contribution in [1.29, 1.82) is 0 Å². The first kappa shape index (κ1) is 22.1. The van der Waals surface area contributed by atoms with Gasteiger partial charge in [-0.05, 0) is 48.1 Å². The SMILES string of the molecule is COc1ccc2c(Cl)c(C(=O)NC(=S)Nc3ccccc3OCc3ccccc3)sc2c1. The highest BCUT2D eigenvalue weighted by Crippen LogP contribution is 2.37. The number of benzene rings is 3. The lowest BCUT2D eigenvalue weighted by Gasteiger charge is -2.14. The van der Waals surface area contributed by atoms with Gasteiger partial charge in [0.05, 0.1) is 17.8 Å². The van der Waals surface area contributed by atoms with Crippen molar-refractivity contribution in [2.45, 2.75) is 6.61 Å². The van der Waals surface area contributed by atoms with Crippen molar-refractivity contribution in [1.82, 2.24) is 5.32 Å². The number of carbonyl (C=O) groups is 1. The van der Waals surface area contributed by atoms with Crippen molar-refractivity contribution in [3.05, 3.63) is 88.3 Å². The maximum atomic E-state index is 12.8. The smallest absolute Gasteiger partial charge is 0.269 e. The summed E-state index contributed by atoms with van der Waals surface area (Å²) < 4.78 is 12.0. The number of nitrogens with one attached hydrogen (secondary N) is 2. The van der Waals surface area contributed by atoms with E-state index >= 15 is 0 Å². The fourth-order valence-electron chi connectivity index (χ4n) is 3.06. The molecule has 0 spiro atoms. The first-order valence-electron chi connectivity index (χ1n) is 9.69. The monoisotopic (exact) mass is 482 g/mol. The highest BCUT2D eigenvalue weighted by Gasteiger charge is 2.19. The molecule has 3 aromatic carbocycles. The standard InChI is InChI=1S/C24H19ClN2O3S2/c1-29-16-11-12-17-20(13-16)32-22(21(17)25)23(28)27-24(31)26-18-9-5-6-10-19(18)30-14-15-7-3-2-4-8-15/h2-13H,14H2,1H3,(H2,26,27,28,31). The Morgan fingerprint density at radius 1 is 1.06 bits per heavy atom. The number of rotatable bonds is 6. The summed E-state index contributed by atoms with van der Waals surface area (Å²) in [7, 11) is 1.59. The number of anilines is 1. The van der Waals surface area contributed by atoms with Gasteiger partial charge >= 0.3 is 0 Å². The number of halogens is 1. The van der Waals surface area contributed by atoms with E-state index in [1.807, 2.05) is 66.7 Å². The minimum atomic E-state index is -0.379. The normalized spacial score (nSPS) is 10.6. The van der Waals surface area contributed by atoms with Crippen LogP contribution in [0, 0.1) is 0 Å². The van der Waals surface area contributed by atoms with Crippen LogP contribution in [-0.2, 0) is 6.61 Å². The van der Waals surface area contributed by atoms with E-state index in [4.69, 9.17) is 33.3 Å². The molecule has 1 amide bonds. The third-order valence-electron chi connectivity index (χ3n) is 4.64. The summed E-state index contributed by atoms with van der Waals surface area (Å²) in [6.45, 7) is 0.416. The van der Waals surface area contributed by atoms with Crippen LogP contribution in [0.15, 0.2) is 72.8 Å². The fraction of sp³-hybridized carbons (Fsp3) is 0.0833. The van der Waals surface area contributed by atoms with Gasteiger partial charge in [-0.2, -0.15) is 0 Å². The van der Waals surface area contributed by atoms with Crippen molar-refractivity contribution in [3.8, 4) is 11.5 Å². The van der Waals surface area contributed by atoms with Crippen LogP contribution in [0.3, 0.4) is 0 Å². The molecule has 0 saturated carbocycles. The third kappa shape index (κ3) is 5.02. The number of carbonyl (C=O) groups excluding carboxylic acids is 1. The zero-order chi connectivity index (χ0) is 22.5. The molecule has 0 aliphatic heterocycles. The van der Waals surface area contributed by atoms with E-state index in [0.29, 0.717) is 33.7 Å². The number of fused-ring (bicyclic) bond motifs is 1. The maximum Gasteiger partial charge on any atom is 0.269 e. The van der Waals surface area contributed by atoms with E-state index in [2.05, 4.69) is 10.6 Å². The molecule has 0 unspecified atom stereocenters. The van der Waals surface area contributed by atoms with Crippen molar-refractivity contribution >= 4 is 61.9 Å². The number of amides is 1. The molecule has 0 saturated heterocycles. The van der Waals surface area contributed by atoms with Gasteiger partial charge in [-0.1, -0.05) is 54.1 Å². The van der Waals surface area contributed by atoms with Gasteiger partial charge in [-0.3, -0.25) is 10.1 Å². The molecule has 4 rings (SSSR count). The number of methoxy groups -OCH3 is 1. The van der Waals surface area contributed by atoms with Crippen molar-refractivity contribution in [2.75, 3.05) is 12.4 Å². The summed E-state index contributed by atoms with van der Waals surface area (Å²) in [6.07, 6.45) is 0. The largest absolute Gasteiger partial charge is 0.497 e. The molecule has 5 nitrogen and oxygen atoms in total. The minimum Gasteiger partial charge on any atom is -0.497 e. The molecular formula is C24H19ClN2O3S2. The molecule has 0 aliphatic rings. The zero-order valence-electron chi connectivity index (χ0n) is 17.1. The fourth-order valence-corrected chi connectivity index (χ4v) is 4.71. The molecule has 162 valence electrons. The minimum absolute atomic E-state index is 0.150. The Bertz CT molecular complexity index is 1270. The molecular weight excluding hydrogens is 464 g/mol. The Hall–Kier alpha value is -3.13. The summed E-state index contributed by atoms with van der Waals surface area (Å²) >= 11 is 13.1. The van der Waals surface area contributed by atoms with Crippen LogP contribution in [-0.4, -0.2) is 18.1 Å². The van der Waals surface area contributed by atoms with Crippen molar-refractivity contribution < 1.29 is 14.3 Å². The number of thiophene rings is 1. The Kier molecular flexibility index (Phi) is 6.90. The second-order valence-electron chi connectivity index (χ2n) is 6.79. The molecule has 2 N–H and O–H groups in total. The Morgan fingerprint density at radius 3 is 2.59 bits per heavy atom. The van der Waals surface area contributed by atoms with Crippen LogP contribution in [0.5, 0.6) is 11.5 Å². The van der Waals surface area contributed by atoms with E-state index in [1.54, 1.807) is 13.2 Å². The van der Waals surface area contributed by atoms with Gasteiger partial charge in [0.1, 0.15) is 23.0 Å². The third-order valence-corrected chi connectivity index (χ3v) is 6.50. The topological polar surface area (TPSA) is 59.6 Å². The van der Waals surface area contributed by atoms with Gasteiger partial charge in [-0.25, -0.2) is 0 Å². The predicted molar refractivity (Wildman–Crippen MR) is 134 cm³/mol. The first-order chi connectivity index (χ1) is 15.5. The zero-order valence-corrected chi connectivity index (χ0v) is 19.4. The van der Waals surface area contributed by atoms with E-state index in [1.165, 1.54) is 11.3 Å². The average Bonchev–Trinajstić information content (AvgIpc) is 3.15. The van der Waals surface area contributed by atoms with Crippen molar-refractivity contribution in [2.24, 2.45) is 0 Å². The lowest BCUT2D eigenvalue weighted by Crippen LogP contribution is -2.33. The number of hydrogen-bond donors (Lipinski definition) is 2. The molecule has 0 fully saturated rings. The summed E-state index contributed by atoms with van der Waals surface area (Å²) in [6, 6.07) is 22.8. The number of ether oxygens (including phenoxy) is 2. The van der Waals surface area contributed by atoms with E-state index in [-0.39, 0.29) is 11.0 Å². The summed E-state index contributed by atoms with van der Waals surface area (Å²) in [5.41, 5.74) is 1.70. The average molecular weight is 483 g/mol. The lowest BCUT2D eigenvalue weighted by molar-refractivity contribution is 0.0982. The van der Waals surface area contributed by atoms with Gasteiger partial charge < -0.3 is 14.8 Å². The van der Waals surface area contributed by atoms with E-state index in [9.17, 15) is 4.79 Å². The number of para-hydroxylation sites is 2. The molecule has 0 aliphatic carbocycles. The first-order valence-corrected chi connectivity index (χ1v) is 11.3. The van der Waals surface area contributed by atoms with Crippen LogP contribution in [0.25, 0.3) is 10.1 Å². The van der Waals surface area contributed by atoms with Gasteiger partial charge in [0, 0.05) is 10.1 Å². The molecule has 0 bridgehead atoms. The molecule has 8 heteroatoms. The Balaban J connectivity index is 1.44. The quantitative estimate of drug-likeness (QED) is 0.317. The molecule has 1 heterocycles. The van der Waals surface area contributed by atoms with Crippen LogP contribution < -0.4 is 20.1 Å². The van der Waals surface area contributed by atoms with Crippen LogP contribution in [0.2, 0.25) is 5.02 Å². The van der Waals surface area contributed by atoms with Gasteiger partial charge in [0.25, 0.3) is 5.91 Å². The predicted octanol–water partition coefficient (Wildman–Crippen LogP) is 6.27. The van der Waals surface area contributed by atoms with Crippen molar-refractivity contribution in [3.63, 3.8) is 0 Å². The highest BCUT2D eigenvalue weighted by molar-refractivity contribution is 7.80. The van der Waals surface area contributed by atoms with Crippen LogP contribution in [0.4, 0.5) is 5.69 Å². The Morgan fingerprint density at radius 2 is 1.81 bits per heavy atom. The van der Waals surface area contributed by atoms with E-state index < -0.39 is 0 Å². The maximum absolute atomic E-state index is 12.8. The summed E-state index contributed by atoms with van der Waals surface area (Å²) in [5, 5.41) is 7.06. The second-order valence-corrected chi connectivity index (χ2v) is 8.62. The van der Waals surface area contributed by atoms with Crippen LogP contribution >= 0.6 is 35.2 Å². The van der Waals surface area contributed by atoms with Gasteiger partial charge in [0.2, 0.25) is 0 Å². The molecule has 32 heavy (non-hydrogen) atoms. The van der Waals surface area contributed by atoms with Gasteiger partial charge in [-0.15, -0.1) is 11.3 Å². The molecule has 0 atom stereocenters. The Labute approximate surface area is 199 Å². The lowest BCUT2D eigenvalue weighted by atomic mass is 10.2. The highest BCUT2D eigenvalue weighted by atomic mass is 35.5. The number of hydrogen-bond acceptors (Lipinski definition) is 5. The summed E-state index contributed by atoms with van der Waals surface area (Å²) in [4.78, 5) is 13.2. The number of thiocarbonyl (C=S) groups is 1. The summed E-state index contributed by atoms with van der Waals surface area (Å²) in [5.74, 6) is 0.946.